The fraction of sp³-hybridized carbons (Fsp3) is 1.00. The number of hydrogen-bond donors (Lipinski definition) is 5. The van der Waals surface area contributed by atoms with Gasteiger partial charge in [-0.2, -0.15) is 0 Å². The lowest BCUT2D eigenvalue weighted by Gasteiger charge is -2.04. The zero-order valence-electron chi connectivity index (χ0n) is 8.20. The highest BCUT2D eigenvalue weighted by Crippen LogP contribution is 2.03. The Kier molecular flexibility index (Phi) is 12.8. The predicted octanol–water partition coefficient (Wildman–Crippen LogP) is -0.167. The van der Waals surface area contributed by atoms with Crippen LogP contribution in [0.15, 0.2) is 0 Å². The van der Waals surface area contributed by atoms with Gasteiger partial charge >= 0.3 is 8.25 Å². The Labute approximate surface area is 84.3 Å². The molecule has 86 valence electrons. The van der Waals surface area contributed by atoms with Crippen LogP contribution in [0, 0.1) is 0 Å². The summed E-state index contributed by atoms with van der Waals surface area (Å²) >= 11 is 0. The zero-order valence-corrected chi connectivity index (χ0v) is 9.10. The van der Waals surface area contributed by atoms with Gasteiger partial charge in [-0.3, -0.25) is 0 Å². The Morgan fingerprint density at radius 3 is 1.86 bits per heavy atom. The molecule has 0 radical (unpaired) electrons. The average molecular weight is 228 g/mol. The molecule has 0 bridgehead atoms. The van der Waals surface area contributed by atoms with E-state index in [0.29, 0.717) is 6.42 Å². The van der Waals surface area contributed by atoms with E-state index < -0.39 is 14.5 Å². The summed E-state index contributed by atoms with van der Waals surface area (Å²) in [6.07, 6.45) is 2.11. The van der Waals surface area contributed by atoms with E-state index in [1.807, 2.05) is 6.92 Å². The normalized spacial score (nSPS) is 11.9. The van der Waals surface area contributed by atoms with Crippen LogP contribution in [0.5, 0.6) is 0 Å². The van der Waals surface area contributed by atoms with Gasteiger partial charge in [0.25, 0.3) is 0 Å². The first-order chi connectivity index (χ1) is 6.36. The van der Waals surface area contributed by atoms with Crippen LogP contribution in [0.3, 0.4) is 0 Å². The van der Waals surface area contributed by atoms with E-state index in [0.717, 1.165) is 19.3 Å². The highest BCUT2D eigenvalue weighted by molar-refractivity contribution is 7.30. The van der Waals surface area contributed by atoms with Crippen molar-refractivity contribution in [2.75, 3.05) is 0 Å². The van der Waals surface area contributed by atoms with Gasteiger partial charge in [0, 0.05) is 10.6 Å². The van der Waals surface area contributed by atoms with Crippen LogP contribution >= 0.6 is 8.25 Å². The average Bonchev–Trinajstić information content (AvgIpc) is 1.96. The number of nitrogens with two attached hydrogens (primary N) is 1. The van der Waals surface area contributed by atoms with Gasteiger partial charge in [-0.05, 0) is 26.2 Å². The molecule has 0 saturated heterocycles. The van der Waals surface area contributed by atoms with Crippen molar-refractivity contribution in [1.82, 2.24) is 0 Å². The quantitative estimate of drug-likeness (QED) is 0.253. The predicted molar refractivity (Wildman–Crippen MR) is 52.4 cm³/mol. The molecule has 0 fully saturated rings. The Hall–Kier alpha value is -0.100. The molecule has 1 unspecified atom stereocenters. The first-order valence-electron chi connectivity index (χ1n) is 4.33. The molecule has 0 aliphatic carbocycles. The van der Waals surface area contributed by atoms with Gasteiger partial charge in [-0.1, -0.05) is 6.42 Å². The first-order valence-corrected chi connectivity index (χ1v) is 5.49. The van der Waals surface area contributed by atoms with Crippen LogP contribution < -0.4 is 5.73 Å². The van der Waals surface area contributed by atoms with Gasteiger partial charge in [-0.15, -0.1) is 9.79 Å². The summed E-state index contributed by atoms with van der Waals surface area (Å²) in [6.45, 7) is 1.95. The molecule has 6 nitrogen and oxygen atoms in total. The van der Waals surface area contributed by atoms with Gasteiger partial charge < -0.3 is 15.9 Å². The van der Waals surface area contributed by atoms with Gasteiger partial charge in [0.05, 0.1) is 0 Å². The molecule has 0 saturated carbocycles. The molecule has 0 rings (SSSR count). The Balaban J connectivity index is 0. The summed E-state index contributed by atoms with van der Waals surface area (Å²) in [5, 5.41) is 16.9. The van der Waals surface area contributed by atoms with Crippen LogP contribution in [0.1, 0.15) is 32.6 Å². The van der Waals surface area contributed by atoms with Crippen molar-refractivity contribution in [2.45, 2.75) is 44.9 Å². The van der Waals surface area contributed by atoms with Crippen LogP contribution in [0.2, 0.25) is 0 Å². The summed E-state index contributed by atoms with van der Waals surface area (Å²) < 4.78 is 8.70. The lowest BCUT2D eigenvalue weighted by molar-refractivity contribution is -0.0466. The molecular formula is C7H19NO5P+. The molecule has 0 aromatic heterocycles. The van der Waals surface area contributed by atoms with E-state index in [-0.39, 0.29) is 6.04 Å². The molecule has 14 heavy (non-hydrogen) atoms. The summed E-state index contributed by atoms with van der Waals surface area (Å²) in [5.41, 5.74) is 5.48. The number of hydrogen-bond acceptors (Lipinski definition) is 4. The van der Waals surface area contributed by atoms with E-state index in [1.165, 1.54) is 0 Å². The Morgan fingerprint density at radius 2 is 1.57 bits per heavy atom. The molecule has 0 heterocycles. The van der Waals surface area contributed by atoms with E-state index in [1.54, 1.807) is 0 Å². The van der Waals surface area contributed by atoms with Crippen molar-refractivity contribution in [2.24, 2.45) is 5.73 Å². The maximum atomic E-state index is 8.70. The molecule has 0 amide bonds. The molecule has 0 aliphatic rings. The van der Waals surface area contributed by atoms with E-state index >= 15 is 0 Å². The maximum absolute atomic E-state index is 8.70. The third kappa shape index (κ3) is 29.7. The SMILES string of the molecule is CC(N)CCCCC(O)O.O=[P+](O)O. The molecule has 6 N–H and O–H groups in total. The van der Waals surface area contributed by atoms with Crippen LogP contribution in [-0.2, 0) is 4.57 Å². The number of aliphatic hydroxyl groups is 2. The van der Waals surface area contributed by atoms with Gasteiger partial charge in [0.1, 0.15) is 0 Å². The van der Waals surface area contributed by atoms with Crippen molar-refractivity contribution in [1.29, 1.82) is 0 Å². The molecule has 0 aromatic carbocycles. The highest BCUT2D eigenvalue weighted by atomic mass is 31.1. The number of unbranched alkanes of at least 4 members (excludes halogenated alkanes) is 1. The van der Waals surface area contributed by atoms with Crippen molar-refractivity contribution in [3.8, 4) is 0 Å². The van der Waals surface area contributed by atoms with Gasteiger partial charge in [0.2, 0.25) is 0 Å². The minimum Gasteiger partial charge on any atom is -0.368 e. The van der Waals surface area contributed by atoms with E-state index in [4.69, 9.17) is 30.3 Å². The standard InChI is InChI=1S/C7H17NO2.HO3P/c1-6(8)4-2-3-5-7(9)10;1-4(2)3/h6-7,9-10H,2-5,8H2,1H3;(H-,1,2,3)/p+1. The summed E-state index contributed by atoms with van der Waals surface area (Å²) in [6, 6.07) is 0.232. The fourth-order valence-corrected chi connectivity index (χ4v) is 0.793. The van der Waals surface area contributed by atoms with Crippen molar-refractivity contribution < 1.29 is 24.6 Å². The topological polar surface area (TPSA) is 124 Å². The van der Waals surface area contributed by atoms with Gasteiger partial charge in [0.15, 0.2) is 6.29 Å². The lowest BCUT2D eigenvalue weighted by Crippen LogP contribution is -2.14. The third-order valence-electron chi connectivity index (χ3n) is 1.37. The van der Waals surface area contributed by atoms with Crippen LogP contribution in [0.25, 0.3) is 0 Å². The second-order valence-corrected chi connectivity index (χ2v) is 3.50. The highest BCUT2D eigenvalue weighted by Gasteiger charge is 1.98. The van der Waals surface area contributed by atoms with Crippen LogP contribution in [0.4, 0.5) is 0 Å². The molecule has 1 atom stereocenters. The minimum absolute atomic E-state index is 0.232. The Bertz CT molecular complexity index is 128. The molecule has 7 heteroatoms. The summed E-state index contributed by atoms with van der Waals surface area (Å²) in [5.74, 6) is 0. The first kappa shape index (κ1) is 16.3. The number of aliphatic hydroxyl groups excluding tert-OH is 1. The zero-order chi connectivity index (χ0) is 11.6. The lowest BCUT2D eigenvalue weighted by atomic mass is 10.1. The minimum atomic E-state index is -2.87. The number of rotatable bonds is 5. The Morgan fingerprint density at radius 1 is 1.21 bits per heavy atom. The third-order valence-corrected chi connectivity index (χ3v) is 1.37. The van der Waals surface area contributed by atoms with Crippen molar-refractivity contribution in [3.05, 3.63) is 0 Å². The molecule has 0 spiro atoms. The van der Waals surface area contributed by atoms with E-state index in [2.05, 4.69) is 0 Å². The molecule has 0 aliphatic heterocycles. The largest absolute Gasteiger partial charge is 0.692 e. The smallest absolute Gasteiger partial charge is 0.368 e. The van der Waals surface area contributed by atoms with Crippen molar-refractivity contribution >= 4 is 8.25 Å². The molecule has 0 aromatic rings. The fourth-order valence-electron chi connectivity index (χ4n) is 0.793. The maximum Gasteiger partial charge on any atom is 0.692 e. The monoisotopic (exact) mass is 228 g/mol. The second kappa shape index (κ2) is 11.0. The van der Waals surface area contributed by atoms with E-state index in [9.17, 15) is 0 Å². The summed E-state index contributed by atoms with van der Waals surface area (Å²) in [4.78, 5) is 14.2. The molecular weight excluding hydrogens is 209 g/mol. The summed E-state index contributed by atoms with van der Waals surface area (Å²) in [7, 11) is -2.87. The van der Waals surface area contributed by atoms with Crippen molar-refractivity contribution in [3.63, 3.8) is 0 Å². The second-order valence-electron chi connectivity index (χ2n) is 3.00. The van der Waals surface area contributed by atoms with Gasteiger partial charge in [-0.25, -0.2) is 0 Å². The van der Waals surface area contributed by atoms with Crippen LogP contribution in [-0.4, -0.2) is 32.3 Å².